The highest BCUT2D eigenvalue weighted by molar-refractivity contribution is 7.10. The molecule has 2 N–H and O–H groups in total. The Morgan fingerprint density at radius 3 is 2.89 bits per heavy atom. The molecule has 3 unspecified atom stereocenters. The molecule has 1 heterocycles. The lowest BCUT2D eigenvalue weighted by molar-refractivity contribution is 0.0673. The summed E-state index contributed by atoms with van der Waals surface area (Å²) in [5, 5.41) is 21.2. The Morgan fingerprint density at radius 1 is 1.56 bits per heavy atom. The van der Waals surface area contributed by atoms with Crippen LogP contribution < -0.4 is 0 Å². The molecule has 1 aliphatic carbocycles. The smallest absolute Gasteiger partial charge is 0.336 e. The van der Waals surface area contributed by atoms with E-state index >= 15 is 0 Å². The zero-order chi connectivity index (χ0) is 13.3. The maximum absolute atomic E-state index is 11.1. The molecule has 1 aromatic heterocycles. The molecule has 0 aromatic carbocycles. The minimum Gasteiger partial charge on any atom is -0.478 e. The quantitative estimate of drug-likeness (QED) is 0.824. The zero-order valence-electron chi connectivity index (χ0n) is 10.6. The molecule has 4 heteroatoms. The average Bonchev–Trinajstić information content (AvgIpc) is 2.75. The molecule has 0 saturated heterocycles. The number of hydrogen-bond donors (Lipinski definition) is 2. The summed E-state index contributed by atoms with van der Waals surface area (Å²) in [7, 11) is 0. The molecule has 0 saturated carbocycles. The van der Waals surface area contributed by atoms with Crippen molar-refractivity contribution in [2.24, 2.45) is 11.8 Å². The number of hydrogen-bond acceptors (Lipinski definition) is 3. The van der Waals surface area contributed by atoms with Crippen LogP contribution in [0.25, 0.3) is 0 Å². The third kappa shape index (κ3) is 2.65. The van der Waals surface area contributed by atoms with Gasteiger partial charge in [-0.25, -0.2) is 4.79 Å². The lowest BCUT2D eigenvalue weighted by Crippen LogP contribution is -2.20. The van der Waals surface area contributed by atoms with Crippen molar-refractivity contribution in [3.05, 3.63) is 33.5 Å². The molecule has 18 heavy (non-hydrogen) atoms. The minimum absolute atomic E-state index is 0.127. The number of allylic oxidation sites excluding steroid dienone is 2. The van der Waals surface area contributed by atoms with Crippen molar-refractivity contribution in [3.8, 4) is 0 Å². The molecule has 0 aliphatic heterocycles. The Hall–Kier alpha value is -1.13. The van der Waals surface area contributed by atoms with E-state index in [1.54, 1.807) is 11.4 Å². The van der Waals surface area contributed by atoms with Gasteiger partial charge in [0.1, 0.15) is 0 Å². The van der Waals surface area contributed by atoms with E-state index in [1.807, 2.05) is 0 Å². The van der Waals surface area contributed by atoms with E-state index in [-0.39, 0.29) is 11.5 Å². The van der Waals surface area contributed by atoms with Gasteiger partial charge in [-0.3, -0.25) is 0 Å². The number of aliphatic hydroxyl groups is 1. The van der Waals surface area contributed by atoms with E-state index in [2.05, 4.69) is 19.9 Å². The van der Waals surface area contributed by atoms with Gasteiger partial charge in [0.25, 0.3) is 0 Å². The Labute approximate surface area is 111 Å². The van der Waals surface area contributed by atoms with Gasteiger partial charge in [-0.2, -0.15) is 0 Å². The van der Waals surface area contributed by atoms with E-state index in [0.29, 0.717) is 10.8 Å². The third-order valence-electron chi connectivity index (χ3n) is 3.47. The highest BCUT2D eigenvalue weighted by atomic mass is 32.1. The molecule has 98 valence electrons. The summed E-state index contributed by atoms with van der Waals surface area (Å²) in [6, 6.07) is 1.57. The molecule has 3 nitrogen and oxygen atoms in total. The Morgan fingerprint density at radius 2 is 2.28 bits per heavy atom. The first-order valence-electron chi connectivity index (χ1n) is 6.15. The second kappa shape index (κ2) is 5.24. The fourth-order valence-corrected chi connectivity index (χ4v) is 3.74. The predicted octanol–water partition coefficient (Wildman–Crippen LogP) is 3.47. The summed E-state index contributed by atoms with van der Waals surface area (Å²) >= 11 is 1.33. The van der Waals surface area contributed by atoms with E-state index in [1.165, 1.54) is 16.9 Å². The van der Waals surface area contributed by atoms with Gasteiger partial charge in [-0.15, -0.1) is 11.3 Å². The fourth-order valence-electron chi connectivity index (χ4n) is 2.78. The molecule has 0 fully saturated rings. The van der Waals surface area contributed by atoms with Crippen LogP contribution in [0, 0.1) is 11.8 Å². The standard InChI is InChI=1S/C14H18O3S/c1-8-5-9(2)7-10(6-8)12(15)13-11(14(16)17)3-4-18-13/h3-5,8,10,12,15H,6-7H2,1-2H3,(H,16,17). The highest BCUT2D eigenvalue weighted by Crippen LogP contribution is 2.39. The van der Waals surface area contributed by atoms with E-state index in [0.717, 1.165) is 12.8 Å². The Kier molecular flexibility index (Phi) is 3.88. The van der Waals surface area contributed by atoms with Gasteiger partial charge in [-0.05, 0) is 43.0 Å². The number of aliphatic hydroxyl groups excluding tert-OH is 1. The van der Waals surface area contributed by atoms with Crippen molar-refractivity contribution in [1.29, 1.82) is 0 Å². The number of carbonyl (C=O) groups is 1. The van der Waals surface area contributed by atoms with E-state index in [9.17, 15) is 9.90 Å². The van der Waals surface area contributed by atoms with Crippen LogP contribution in [-0.2, 0) is 0 Å². The van der Waals surface area contributed by atoms with Gasteiger partial charge in [-0.1, -0.05) is 18.6 Å². The molecule has 2 rings (SSSR count). The van der Waals surface area contributed by atoms with Gasteiger partial charge < -0.3 is 10.2 Å². The van der Waals surface area contributed by atoms with Crippen molar-refractivity contribution in [3.63, 3.8) is 0 Å². The maximum Gasteiger partial charge on any atom is 0.336 e. The second-order valence-corrected chi connectivity index (χ2v) is 6.09. The van der Waals surface area contributed by atoms with Crippen LogP contribution >= 0.6 is 11.3 Å². The molecule has 0 amide bonds. The Bertz CT molecular complexity index is 475. The lowest BCUT2D eigenvalue weighted by Gasteiger charge is -2.29. The summed E-state index contributed by atoms with van der Waals surface area (Å²) in [6.45, 7) is 4.21. The maximum atomic E-state index is 11.1. The van der Waals surface area contributed by atoms with E-state index in [4.69, 9.17) is 5.11 Å². The van der Waals surface area contributed by atoms with E-state index < -0.39 is 12.1 Å². The number of carboxylic acid groups (broad SMARTS) is 1. The monoisotopic (exact) mass is 266 g/mol. The molecular weight excluding hydrogens is 248 g/mol. The van der Waals surface area contributed by atoms with Gasteiger partial charge >= 0.3 is 5.97 Å². The predicted molar refractivity (Wildman–Crippen MR) is 71.9 cm³/mol. The number of aromatic carboxylic acids is 1. The number of thiophene rings is 1. The van der Waals surface area contributed by atoms with Crippen LogP contribution in [0.4, 0.5) is 0 Å². The van der Waals surface area contributed by atoms with Crippen molar-refractivity contribution >= 4 is 17.3 Å². The average molecular weight is 266 g/mol. The van der Waals surface area contributed by atoms with Crippen molar-refractivity contribution < 1.29 is 15.0 Å². The van der Waals surface area contributed by atoms with Crippen LogP contribution in [0.1, 0.15) is 48.0 Å². The van der Waals surface area contributed by atoms with Crippen molar-refractivity contribution in [2.75, 3.05) is 0 Å². The van der Waals surface area contributed by atoms with Crippen LogP contribution in [0.2, 0.25) is 0 Å². The largest absolute Gasteiger partial charge is 0.478 e. The first-order chi connectivity index (χ1) is 8.49. The highest BCUT2D eigenvalue weighted by Gasteiger charge is 2.29. The first kappa shape index (κ1) is 13.3. The number of rotatable bonds is 3. The van der Waals surface area contributed by atoms with Crippen molar-refractivity contribution in [2.45, 2.75) is 32.8 Å². The topological polar surface area (TPSA) is 57.5 Å². The molecule has 0 radical (unpaired) electrons. The second-order valence-electron chi connectivity index (χ2n) is 5.14. The normalized spacial score (nSPS) is 25.6. The van der Waals surface area contributed by atoms with Gasteiger partial charge in [0.15, 0.2) is 0 Å². The molecule has 1 aromatic rings. The lowest BCUT2D eigenvalue weighted by atomic mass is 9.80. The zero-order valence-corrected chi connectivity index (χ0v) is 11.4. The summed E-state index contributed by atoms with van der Waals surface area (Å²) < 4.78 is 0. The first-order valence-corrected chi connectivity index (χ1v) is 7.03. The summed E-state index contributed by atoms with van der Waals surface area (Å²) in [5.74, 6) is -0.380. The molecule has 3 atom stereocenters. The summed E-state index contributed by atoms with van der Waals surface area (Å²) in [6.07, 6.45) is 3.33. The van der Waals surface area contributed by atoms with Gasteiger partial charge in [0, 0.05) is 4.88 Å². The minimum atomic E-state index is -0.957. The Balaban J connectivity index is 2.21. The van der Waals surface area contributed by atoms with Crippen LogP contribution in [0.5, 0.6) is 0 Å². The molecular formula is C14H18O3S. The SMILES string of the molecule is CC1=CC(C)CC(C(O)c2sccc2C(=O)O)C1. The van der Waals surface area contributed by atoms with Gasteiger partial charge in [0.2, 0.25) is 0 Å². The fraction of sp³-hybridized carbons (Fsp3) is 0.500. The molecule has 0 bridgehead atoms. The van der Waals surface area contributed by atoms with Crippen LogP contribution in [0.3, 0.4) is 0 Å². The van der Waals surface area contributed by atoms with Gasteiger partial charge in [0.05, 0.1) is 11.7 Å². The van der Waals surface area contributed by atoms with Crippen LogP contribution in [-0.4, -0.2) is 16.2 Å². The summed E-state index contributed by atoms with van der Waals surface area (Å²) in [5.41, 5.74) is 1.53. The van der Waals surface area contributed by atoms with Crippen LogP contribution in [0.15, 0.2) is 23.1 Å². The molecule has 1 aliphatic rings. The number of carboxylic acids is 1. The third-order valence-corrected chi connectivity index (χ3v) is 4.46. The van der Waals surface area contributed by atoms with Crippen molar-refractivity contribution in [1.82, 2.24) is 0 Å². The summed E-state index contributed by atoms with van der Waals surface area (Å²) in [4.78, 5) is 11.7. The molecule has 0 spiro atoms.